The number of hydrogen-bond donors (Lipinski definition) is 1. The van der Waals surface area contributed by atoms with E-state index in [9.17, 15) is 18.0 Å². The molecule has 0 spiro atoms. The number of nitrogens with two attached hydrogens (primary N) is 1. The van der Waals surface area contributed by atoms with E-state index in [-0.39, 0.29) is 46.6 Å². The minimum atomic E-state index is -4.71. The summed E-state index contributed by atoms with van der Waals surface area (Å²) in [5.41, 5.74) is 5.27. The van der Waals surface area contributed by atoms with Crippen LogP contribution in [0.4, 0.5) is 19.0 Å². The largest absolute Gasteiger partial charge is 0.481 e. The van der Waals surface area contributed by atoms with E-state index in [0.29, 0.717) is 24.7 Å². The van der Waals surface area contributed by atoms with Crippen LogP contribution in [0.15, 0.2) is 31.0 Å². The topological polar surface area (TPSA) is 108 Å². The molecule has 0 radical (unpaired) electrons. The molecule has 0 aliphatic carbocycles. The molecular weight excluding hydrogens is 465 g/mol. The van der Waals surface area contributed by atoms with Gasteiger partial charge in [-0.25, -0.2) is 4.98 Å². The summed E-state index contributed by atoms with van der Waals surface area (Å²) in [7, 11) is 2.86. The van der Waals surface area contributed by atoms with Crippen molar-refractivity contribution in [3.05, 3.63) is 47.8 Å². The zero-order valence-corrected chi connectivity index (χ0v) is 18.9. The third-order valence-corrected chi connectivity index (χ3v) is 5.58. The van der Waals surface area contributed by atoms with Crippen LogP contribution < -0.4 is 15.2 Å². The van der Waals surface area contributed by atoms with Crippen molar-refractivity contribution < 1.29 is 27.4 Å². The summed E-state index contributed by atoms with van der Waals surface area (Å²) in [6, 6.07) is 2.58. The van der Waals surface area contributed by atoms with E-state index in [2.05, 4.69) is 33.5 Å². The van der Waals surface area contributed by atoms with E-state index >= 15 is 0 Å². The first-order valence-electron chi connectivity index (χ1n) is 10.4. The summed E-state index contributed by atoms with van der Waals surface area (Å²) in [6.45, 7) is 4.00. The van der Waals surface area contributed by atoms with E-state index < -0.39 is 17.8 Å². The zero-order valence-electron chi connectivity index (χ0n) is 18.9. The highest BCUT2D eigenvalue weighted by Gasteiger charge is 2.38. The Morgan fingerprint density at radius 3 is 2.54 bits per heavy atom. The van der Waals surface area contributed by atoms with Crippen LogP contribution in [0.3, 0.4) is 0 Å². The van der Waals surface area contributed by atoms with Gasteiger partial charge in [0.2, 0.25) is 17.7 Å². The number of ether oxygens (including phenoxy) is 2. The number of likely N-dealkylation sites (tertiary alicyclic amines) is 1. The number of carbonyl (C=O) groups excluding carboxylic acids is 1. The predicted molar refractivity (Wildman–Crippen MR) is 121 cm³/mol. The van der Waals surface area contributed by atoms with Crippen molar-refractivity contribution in [3.8, 4) is 23.6 Å². The van der Waals surface area contributed by atoms with Gasteiger partial charge in [-0.05, 0) is 18.4 Å². The van der Waals surface area contributed by atoms with E-state index in [4.69, 9.17) is 15.2 Å². The Kier molecular flexibility index (Phi) is 6.26. The Balaban J connectivity index is 1.88. The fraction of sp³-hybridized carbons (Fsp3) is 0.304. The number of alkyl halides is 3. The van der Waals surface area contributed by atoms with E-state index in [0.717, 1.165) is 0 Å². The van der Waals surface area contributed by atoms with Gasteiger partial charge in [-0.2, -0.15) is 23.3 Å². The standard InChI is InChI=1S/C23H21F3N6O3/c1-4-19(33)31-8-7-14(12-31)32-21-15(23(24,25)26)11-28-22(27)20(21)16(30-32)6-5-13-9-17(34-2)29-18(10-13)35-3/h4,9-11,14H,1,7-8,12H2,2-3H3,(H2,27,28). The molecule has 3 aromatic heterocycles. The Morgan fingerprint density at radius 1 is 1.26 bits per heavy atom. The van der Waals surface area contributed by atoms with Gasteiger partial charge >= 0.3 is 6.18 Å². The lowest BCUT2D eigenvalue weighted by Crippen LogP contribution is -2.27. The molecule has 1 amide bonds. The number of methoxy groups -OCH3 is 2. The van der Waals surface area contributed by atoms with Crippen molar-refractivity contribution >= 4 is 22.6 Å². The summed E-state index contributed by atoms with van der Waals surface area (Å²) < 4.78 is 53.3. The van der Waals surface area contributed by atoms with Crippen LogP contribution in [0.2, 0.25) is 0 Å². The van der Waals surface area contributed by atoms with Gasteiger partial charge in [0.05, 0.1) is 36.7 Å². The number of carbonyl (C=O) groups is 1. The molecule has 0 aromatic carbocycles. The molecule has 4 rings (SSSR count). The van der Waals surface area contributed by atoms with Gasteiger partial charge in [-0.1, -0.05) is 12.5 Å². The highest BCUT2D eigenvalue weighted by Crippen LogP contribution is 2.39. The van der Waals surface area contributed by atoms with Crippen LogP contribution >= 0.6 is 0 Å². The molecule has 2 N–H and O–H groups in total. The second-order valence-electron chi connectivity index (χ2n) is 7.69. The van der Waals surface area contributed by atoms with Gasteiger partial charge in [-0.3, -0.25) is 9.48 Å². The summed E-state index contributed by atoms with van der Waals surface area (Å²) in [6.07, 6.45) is -2.45. The second-order valence-corrected chi connectivity index (χ2v) is 7.69. The number of pyridine rings is 2. The maximum atomic E-state index is 13.9. The first kappa shape index (κ1) is 23.9. The van der Waals surface area contributed by atoms with Crippen LogP contribution in [-0.4, -0.2) is 57.9 Å². The predicted octanol–water partition coefficient (Wildman–Crippen LogP) is 2.80. The molecule has 182 valence electrons. The summed E-state index contributed by atoms with van der Waals surface area (Å²) >= 11 is 0. The van der Waals surface area contributed by atoms with Gasteiger partial charge in [0.25, 0.3) is 0 Å². The summed E-state index contributed by atoms with van der Waals surface area (Å²) in [5.74, 6) is 5.74. The average molecular weight is 486 g/mol. The quantitative estimate of drug-likeness (QED) is 0.446. The normalized spacial score (nSPS) is 15.6. The number of amides is 1. The van der Waals surface area contributed by atoms with Crippen molar-refractivity contribution in [3.63, 3.8) is 0 Å². The first-order chi connectivity index (χ1) is 16.7. The first-order valence-corrected chi connectivity index (χ1v) is 10.4. The van der Waals surface area contributed by atoms with Gasteiger partial charge in [0.15, 0.2) is 0 Å². The Hall–Kier alpha value is -4.27. The Morgan fingerprint density at radius 2 is 1.94 bits per heavy atom. The molecule has 1 aliphatic rings. The average Bonchev–Trinajstić information content (AvgIpc) is 3.47. The Labute approximate surface area is 198 Å². The number of halogens is 3. The van der Waals surface area contributed by atoms with Crippen LogP contribution in [0.1, 0.15) is 29.3 Å². The summed E-state index contributed by atoms with van der Waals surface area (Å²) in [4.78, 5) is 21.4. The fourth-order valence-corrected chi connectivity index (χ4v) is 3.92. The van der Waals surface area contributed by atoms with Gasteiger partial charge in [0, 0.05) is 37.0 Å². The molecule has 1 saturated heterocycles. The number of nitrogen functional groups attached to an aromatic ring is 1. The van der Waals surface area contributed by atoms with Crippen molar-refractivity contribution in [1.82, 2.24) is 24.6 Å². The maximum Gasteiger partial charge on any atom is 0.419 e. The van der Waals surface area contributed by atoms with E-state index in [1.807, 2.05) is 0 Å². The van der Waals surface area contributed by atoms with E-state index in [1.165, 1.54) is 29.9 Å². The van der Waals surface area contributed by atoms with Crippen LogP contribution in [0.25, 0.3) is 10.9 Å². The number of rotatable bonds is 4. The number of anilines is 1. The smallest absolute Gasteiger partial charge is 0.419 e. The number of hydrogen-bond acceptors (Lipinski definition) is 7. The van der Waals surface area contributed by atoms with Gasteiger partial charge in [0.1, 0.15) is 11.5 Å². The second kappa shape index (κ2) is 9.17. The SMILES string of the molecule is C=CC(=O)N1CCC(n2nc(C#Cc3cc(OC)nc(OC)c3)c3c(N)ncc(C(F)(F)F)c32)C1. The lowest BCUT2D eigenvalue weighted by atomic mass is 10.1. The molecule has 9 nitrogen and oxygen atoms in total. The van der Waals surface area contributed by atoms with Crippen molar-refractivity contribution in [2.75, 3.05) is 33.0 Å². The molecule has 3 aromatic rings. The molecular formula is C23H21F3N6O3. The number of fused-ring (bicyclic) bond motifs is 1. The van der Waals surface area contributed by atoms with Crippen LogP contribution in [0, 0.1) is 11.8 Å². The lowest BCUT2D eigenvalue weighted by molar-refractivity contribution is -0.136. The highest BCUT2D eigenvalue weighted by atomic mass is 19.4. The molecule has 1 fully saturated rings. The third kappa shape index (κ3) is 4.57. The van der Waals surface area contributed by atoms with Crippen molar-refractivity contribution in [2.24, 2.45) is 0 Å². The molecule has 0 saturated carbocycles. The Bertz CT molecular complexity index is 1350. The minimum Gasteiger partial charge on any atom is -0.481 e. The zero-order chi connectivity index (χ0) is 25.3. The molecule has 1 unspecified atom stereocenters. The fourth-order valence-electron chi connectivity index (χ4n) is 3.92. The molecule has 1 atom stereocenters. The van der Waals surface area contributed by atoms with Gasteiger partial charge in [-0.15, -0.1) is 0 Å². The monoisotopic (exact) mass is 486 g/mol. The molecule has 0 bridgehead atoms. The molecule has 12 heteroatoms. The lowest BCUT2D eigenvalue weighted by Gasteiger charge is -2.17. The number of aromatic nitrogens is 4. The van der Waals surface area contributed by atoms with Crippen LogP contribution in [-0.2, 0) is 11.0 Å². The maximum absolute atomic E-state index is 13.9. The minimum absolute atomic E-state index is 0.00573. The third-order valence-electron chi connectivity index (χ3n) is 5.58. The number of nitrogens with zero attached hydrogens (tertiary/aromatic N) is 5. The van der Waals surface area contributed by atoms with Crippen molar-refractivity contribution in [1.29, 1.82) is 0 Å². The van der Waals surface area contributed by atoms with E-state index in [1.54, 1.807) is 12.1 Å². The van der Waals surface area contributed by atoms with Gasteiger partial charge < -0.3 is 20.1 Å². The molecule has 4 heterocycles. The summed E-state index contributed by atoms with van der Waals surface area (Å²) in [5, 5.41) is 4.40. The van der Waals surface area contributed by atoms with Crippen LogP contribution in [0.5, 0.6) is 11.8 Å². The molecule has 1 aliphatic heterocycles. The molecule has 35 heavy (non-hydrogen) atoms. The van der Waals surface area contributed by atoms with Crippen molar-refractivity contribution in [2.45, 2.75) is 18.6 Å². The highest BCUT2D eigenvalue weighted by molar-refractivity contribution is 5.95.